The van der Waals surface area contributed by atoms with Gasteiger partial charge in [-0.15, -0.1) is 0 Å². The average Bonchev–Trinajstić information content (AvgIpc) is 2.25. The Bertz CT molecular complexity index is 458. The van der Waals surface area contributed by atoms with Gasteiger partial charge < -0.3 is 5.73 Å². The number of nitro benzene ring substituents is 1. The highest BCUT2D eigenvalue weighted by Crippen LogP contribution is 2.37. The normalized spacial score (nSPS) is 15.2. The number of rotatable bonds is 3. The van der Waals surface area contributed by atoms with Crippen LogP contribution in [-0.4, -0.2) is 11.0 Å². The molecule has 7 heteroatoms. The third kappa shape index (κ3) is 2.98. The van der Waals surface area contributed by atoms with Crippen LogP contribution in [0.5, 0.6) is 0 Å². The van der Waals surface area contributed by atoms with Crippen molar-refractivity contribution in [3.8, 4) is 0 Å². The zero-order chi connectivity index (χ0) is 14.1. The lowest BCUT2D eigenvalue weighted by Crippen LogP contribution is -2.23. The molecule has 0 radical (unpaired) electrons. The molecule has 0 spiro atoms. The average molecular weight is 262 g/mol. The Morgan fingerprint density at radius 3 is 2.28 bits per heavy atom. The Morgan fingerprint density at radius 2 is 1.89 bits per heavy atom. The molecule has 2 N–H and O–H groups in total. The smallest absolute Gasteiger partial charge is 0.327 e. The molecule has 2 atom stereocenters. The summed E-state index contributed by atoms with van der Waals surface area (Å²) in [6.07, 6.45) is -4.75. The Balaban J connectivity index is 3.35. The number of nitrogens with zero attached hydrogens (tertiary/aromatic N) is 1. The van der Waals surface area contributed by atoms with Crippen molar-refractivity contribution in [3.05, 3.63) is 39.4 Å². The Hall–Kier alpha value is -1.63. The molecule has 0 aliphatic carbocycles. The first-order valence-electron chi connectivity index (χ1n) is 5.25. The molecule has 0 saturated heterocycles. The number of hydrogen-bond acceptors (Lipinski definition) is 3. The van der Waals surface area contributed by atoms with Crippen LogP contribution in [0.4, 0.5) is 18.9 Å². The molecule has 0 fully saturated rings. The quantitative estimate of drug-likeness (QED) is 0.672. The Labute approximate surface area is 102 Å². The van der Waals surface area contributed by atoms with Gasteiger partial charge in [-0.1, -0.05) is 13.0 Å². The first-order chi connectivity index (χ1) is 8.14. The molecule has 1 aromatic rings. The van der Waals surface area contributed by atoms with Crippen LogP contribution in [0.2, 0.25) is 0 Å². The fourth-order valence-corrected chi connectivity index (χ4v) is 1.53. The topological polar surface area (TPSA) is 69.2 Å². The third-order valence-electron chi connectivity index (χ3n) is 2.84. The third-order valence-corrected chi connectivity index (χ3v) is 2.84. The van der Waals surface area contributed by atoms with Crippen LogP contribution in [0.15, 0.2) is 18.2 Å². The summed E-state index contributed by atoms with van der Waals surface area (Å²) in [5.74, 6) is -0.313. The summed E-state index contributed by atoms with van der Waals surface area (Å²) in [6, 6.07) is 2.64. The molecule has 18 heavy (non-hydrogen) atoms. The van der Waals surface area contributed by atoms with Gasteiger partial charge in [0.05, 0.1) is 4.92 Å². The first-order valence-corrected chi connectivity index (χ1v) is 5.25. The van der Waals surface area contributed by atoms with Gasteiger partial charge in [0.15, 0.2) is 0 Å². The zero-order valence-corrected chi connectivity index (χ0v) is 9.86. The molecule has 0 amide bonds. The van der Waals surface area contributed by atoms with Crippen molar-refractivity contribution in [2.45, 2.75) is 32.0 Å². The van der Waals surface area contributed by atoms with Crippen molar-refractivity contribution in [3.63, 3.8) is 0 Å². The van der Waals surface area contributed by atoms with Crippen molar-refractivity contribution < 1.29 is 18.1 Å². The van der Waals surface area contributed by atoms with Crippen molar-refractivity contribution in [2.75, 3.05) is 0 Å². The van der Waals surface area contributed by atoms with E-state index < -0.39 is 22.4 Å². The molecule has 0 aromatic heterocycles. The van der Waals surface area contributed by atoms with Crippen LogP contribution >= 0.6 is 0 Å². The van der Waals surface area contributed by atoms with E-state index in [1.54, 1.807) is 13.8 Å². The van der Waals surface area contributed by atoms with Gasteiger partial charge in [0.2, 0.25) is 0 Å². The number of nitrogens with two attached hydrogens (primary N) is 1. The Kier molecular flexibility index (Phi) is 3.95. The highest BCUT2D eigenvalue weighted by molar-refractivity contribution is 5.45. The zero-order valence-electron chi connectivity index (χ0n) is 9.86. The van der Waals surface area contributed by atoms with E-state index in [9.17, 15) is 23.3 Å². The van der Waals surface area contributed by atoms with Gasteiger partial charge in [-0.3, -0.25) is 10.1 Å². The summed E-state index contributed by atoms with van der Waals surface area (Å²) in [5.41, 5.74) is 3.77. The number of hydrogen-bond donors (Lipinski definition) is 1. The second-order valence-electron chi connectivity index (χ2n) is 4.18. The minimum atomic E-state index is -4.75. The van der Waals surface area contributed by atoms with Crippen molar-refractivity contribution in [1.82, 2.24) is 0 Å². The van der Waals surface area contributed by atoms with Gasteiger partial charge in [0, 0.05) is 12.1 Å². The van der Waals surface area contributed by atoms with Crippen molar-refractivity contribution in [2.24, 2.45) is 5.73 Å². The number of halogens is 3. The van der Waals surface area contributed by atoms with Gasteiger partial charge in [0.25, 0.3) is 5.69 Å². The second kappa shape index (κ2) is 4.93. The molecular formula is C11H13F3N2O2. The molecule has 2 unspecified atom stereocenters. The van der Waals surface area contributed by atoms with Gasteiger partial charge in [-0.25, -0.2) is 0 Å². The maximum absolute atomic E-state index is 12.7. The second-order valence-corrected chi connectivity index (χ2v) is 4.18. The maximum atomic E-state index is 12.7. The lowest BCUT2D eigenvalue weighted by molar-refractivity contribution is -0.388. The monoisotopic (exact) mass is 262 g/mol. The van der Waals surface area contributed by atoms with Gasteiger partial charge in [0.1, 0.15) is 5.56 Å². The van der Waals surface area contributed by atoms with Crippen molar-refractivity contribution in [1.29, 1.82) is 0 Å². The van der Waals surface area contributed by atoms with E-state index in [1.165, 1.54) is 6.07 Å². The summed E-state index contributed by atoms with van der Waals surface area (Å²) < 4.78 is 38.2. The minimum Gasteiger partial charge on any atom is -0.327 e. The van der Waals surface area contributed by atoms with Crippen LogP contribution in [0.1, 0.15) is 30.9 Å². The molecule has 0 heterocycles. The van der Waals surface area contributed by atoms with E-state index in [0.717, 1.165) is 12.1 Å². The fraction of sp³-hybridized carbons (Fsp3) is 0.455. The molecule has 0 aliphatic heterocycles. The highest BCUT2D eigenvalue weighted by Gasteiger charge is 2.38. The van der Waals surface area contributed by atoms with Gasteiger partial charge in [-0.2, -0.15) is 13.2 Å². The molecular weight excluding hydrogens is 249 g/mol. The standard InChI is InChI=1S/C11H13F3N2O2/c1-6(7(2)15)8-3-4-10(16(17)18)9(5-8)11(12,13)14/h3-7H,15H2,1-2H3. The van der Waals surface area contributed by atoms with E-state index in [-0.39, 0.29) is 12.0 Å². The van der Waals surface area contributed by atoms with E-state index in [1.807, 2.05) is 0 Å². The summed E-state index contributed by atoms with van der Waals surface area (Å²) >= 11 is 0. The summed E-state index contributed by atoms with van der Waals surface area (Å²) in [6.45, 7) is 3.34. The molecule has 1 rings (SSSR count). The highest BCUT2D eigenvalue weighted by atomic mass is 19.4. The molecule has 100 valence electrons. The molecule has 0 aliphatic rings. The number of nitro groups is 1. The van der Waals surface area contributed by atoms with Crippen LogP contribution in [0, 0.1) is 10.1 Å². The molecule has 1 aromatic carbocycles. The van der Waals surface area contributed by atoms with E-state index in [0.29, 0.717) is 5.56 Å². The number of alkyl halides is 3. The van der Waals surface area contributed by atoms with Crippen LogP contribution in [-0.2, 0) is 6.18 Å². The minimum absolute atomic E-state index is 0.313. The SMILES string of the molecule is CC(N)C(C)c1ccc([N+](=O)[O-])c(C(F)(F)F)c1. The summed E-state index contributed by atoms with van der Waals surface area (Å²) in [7, 11) is 0. The fourth-order valence-electron chi connectivity index (χ4n) is 1.53. The summed E-state index contributed by atoms with van der Waals surface area (Å²) in [4.78, 5) is 9.53. The van der Waals surface area contributed by atoms with Crippen LogP contribution < -0.4 is 5.73 Å². The molecule has 0 bridgehead atoms. The van der Waals surface area contributed by atoms with Crippen LogP contribution in [0.3, 0.4) is 0 Å². The first kappa shape index (κ1) is 14.4. The van der Waals surface area contributed by atoms with Gasteiger partial charge >= 0.3 is 6.18 Å². The lowest BCUT2D eigenvalue weighted by Gasteiger charge is -2.17. The lowest BCUT2D eigenvalue weighted by atomic mass is 9.93. The van der Waals surface area contributed by atoms with Crippen molar-refractivity contribution >= 4 is 5.69 Å². The predicted octanol–water partition coefficient (Wildman–Crippen LogP) is 3.06. The van der Waals surface area contributed by atoms with E-state index in [2.05, 4.69) is 0 Å². The van der Waals surface area contributed by atoms with E-state index >= 15 is 0 Å². The molecule has 0 saturated carbocycles. The number of benzene rings is 1. The Morgan fingerprint density at radius 1 is 1.33 bits per heavy atom. The predicted molar refractivity (Wildman–Crippen MR) is 60.2 cm³/mol. The summed E-state index contributed by atoms with van der Waals surface area (Å²) in [5, 5.41) is 10.6. The van der Waals surface area contributed by atoms with Crippen LogP contribution in [0.25, 0.3) is 0 Å². The van der Waals surface area contributed by atoms with Gasteiger partial charge in [-0.05, 0) is 24.5 Å². The molecule has 4 nitrogen and oxygen atoms in total. The largest absolute Gasteiger partial charge is 0.423 e. The maximum Gasteiger partial charge on any atom is 0.423 e. The van der Waals surface area contributed by atoms with E-state index in [4.69, 9.17) is 5.73 Å².